The van der Waals surface area contributed by atoms with Crippen molar-refractivity contribution in [2.45, 2.75) is 11.8 Å². The minimum atomic E-state index is -4.04. The van der Waals surface area contributed by atoms with Gasteiger partial charge < -0.3 is 10.2 Å². The Hall–Kier alpha value is -2.36. The first-order chi connectivity index (χ1) is 13.3. The molecule has 0 bridgehead atoms. The van der Waals surface area contributed by atoms with Crippen molar-refractivity contribution in [3.05, 3.63) is 59.7 Å². The summed E-state index contributed by atoms with van der Waals surface area (Å²) >= 11 is 0. The molecule has 3 rings (SSSR count). The maximum atomic E-state index is 13.9. The number of amides is 1. The molecule has 0 spiro atoms. The third-order valence-electron chi connectivity index (χ3n) is 4.69. The molecular formula is C19H22F2N3O3S+. The average Bonchev–Trinajstić information content (AvgIpc) is 2.64. The van der Waals surface area contributed by atoms with Crippen LogP contribution in [0, 0.1) is 18.6 Å². The van der Waals surface area contributed by atoms with E-state index >= 15 is 0 Å². The minimum Gasteiger partial charge on any atom is -0.325 e. The van der Waals surface area contributed by atoms with Gasteiger partial charge in [0.1, 0.15) is 16.5 Å². The molecule has 1 fully saturated rings. The lowest BCUT2D eigenvalue weighted by atomic mass is 10.2. The molecule has 0 aromatic heterocycles. The van der Waals surface area contributed by atoms with Crippen LogP contribution < -0.4 is 10.2 Å². The van der Waals surface area contributed by atoms with E-state index in [9.17, 15) is 22.0 Å². The van der Waals surface area contributed by atoms with Gasteiger partial charge in [-0.3, -0.25) is 4.79 Å². The van der Waals surface area contributed by atoms with Gasteiger partial charge >= 0.3 is 0 Å². The number of hydrogen-bond acceptors (Lipinski definition) is 3. The molecule has 150 valence electrons. The lowest BCUT2D eigenvalue weighted by Crippen LogP contribution is -3.15. The molecule has 1 amide bonds. The van der Waals surface area contributed by atoms with Crippen molar-refractivity contribution in [3.63, 3.8) is 0 Å². The Kier molecular flexibility index (Phi) is 6.07. The molecule has 0 radical (unpaired) electrons. The molecule has 1 saturated heterocycles. The van der Waals surface area contributed by atoms with Crippen LogP contribution in [0.5, 0.6) is 0 Å². The first-order valence-corrected chi connectivity index (χ1v) is 10.3. The third kappa shape index (κ3) is 4.73. The number of piperazine rings is 1. The van der Waals surface area contributed by atoms with Gasteiger partial charge in [0.2, 0.25) is 10.0 Å². The van der Waals surface area contributed by atoms with Crippen molar-refractivity contribution in [2.24, 2.45) is 0 Å². The Bertz CT molecular complexity index is 957. The van der Waals surface area contributed by atoms with E-state index in [0.29, 0.717) is 24.8 Å². The predicted octanol–water partition coefficient (Wildman–Crippen LogP) is 0.801. The topological polar surface area (TPSA) is 70.9 Å². The fourth-order valence-corrected chi connectivity index (χ4v) is 4.60. The molecule has 6 nitrogen and oxygen atoms in total. The first kappa shape index (κ1) is 20.4. The number of carbonyl (C=O) groups excluding carboxylic acids is 1. The maximum Gasteiger partial charge on any atom is 0.279 e. The number of carbonyl (C=O) groups is 1. The molecule has 0 atom stereocenters. The number of benzene rings is 2. The lowest BCUT2D eigenvalue weighted by Gasteiger charge is -2.31. The summed E-state index contributed by atoms with van der Waals surface area (Å²) < 4.78 is 53.3. The summed E-state index contributed by atoms with van der Waals surface area (Å²) in [6.45, 7) is 3.33. The SMILES string of the molecule is Cc1ccc(NC(=O)C[NH+]2CCN(S(=O)(=O)c3ccc(F)cc3F)CC2)cc1. The van der Waals surface area contributed by atoms with Crippen molar-refractivity contribution >= 4 is 21.6 Å². The monoisotopic (exact) mass is 410 g/mol. The molecule has 2 aromatic carbocycles. The molecular weight excluding hydrogens is 388 g/mol. The van der Waals surface area contributed by atoms with Gasteiger partial charge in [-0.25, -0.2) is 17.2 Å². The van der Waals surface area contributed by atoms with E-state index in [-0.39, 0.29) is 25.5 Å². The van der Waals surface area contributed by atoms with Crippen LogP contribution in [0.25, 0.3) is 0 Å². The van der Waals surface area contributed by atoms with Crippen molar-refractivity contribution in [3.8, 4) is 0 Å². The van der Waals surface area contributed by atoms with E-state index in [1.807, 2.05) is 31.2 Å². The van der Waals surface area contributed by atoms with Crippen LogP contribution in [-0.2, 0) is 14.8 Å². The van der Waals surface area contributed by atoms with Crippen LogP contribution in [0.1, 0.15) is 5.56 Å². The highest BCUT2D eigenvalue weighted by atomic mass is 32.2. The number of quaternary nitrogens is 1. The molecule has 0 aliphatic carbocycles. The normalized spacial score (nSPS) is 16.1. The zero-order valence-electron chi connectivity index (χ0n) is 15.4. The summed E-state index contributed by atoms with van der Waals surface area (Å²) in [5.41, 5.74) is 1.81. The fraction of sp³-hybridized carbons (Fsp3) is 0.316. The molecule has 1 aliphatic rings. The van der Waals surface area contributed by atoms with Gasteiger partial charge in [0, 0.05) is 11.8 Å². The number of halogens is 2. The highest BCUT2D eigenvalue weighted by Gasteiger charge is 2.33. The largest absolute Gasteiger partial charge is 0.325 e. The number of anilines is 1. The van der Waals surface area contributed by atoms with Crippen LogP contribution in [0.3, 0.4) is 0 Å². The van der Waals surface area contributed by atoms with Crippen LogP contribution in [0.15, 0.2) is 47.4 Å². The smallest absolute Gasteiger partial charge is 0.279 e. The average molecular weight is 410 g/mol. The van der Waals surface area contributed by atoms with Gasteiger partial charge in [-0.05, 0) is 31.2 Å². The fourth-order valence-electron chi connectivity index (χ4n) is 3.11. The zero-order chi connectivity index (χ0) is 20.3. The summed E-state index contributed by atoms with van der Waals surface area (Å²) in [4.78, 5) is 12.6. The van der Waals surface area contributed by atoms with Crippen LogP contribution in [-0.4, -0.2) is 51.4 Å². The molecule has 28 heavy (non-hydrogen) atoms. The number of rotatable bonds is 5. The first-order valence-electron chi connectivity index (χ1n) is 8.91. The van der Waals surface area contributed by atoms with Crippen molar-refractivity contribution in [1.29, 1.82) is 0 Å². The predicted molar refractivity (Wildman–Crippen MR) is 100 cm³/mol. The van der Waals surface area contributed by atoms with Crippen LogP contribution in [0.4, 0.5) is 14.5 Å². The second-order valence-electron chi connectivity index (χ2n) is 6.82. The summed E-state index contributed by atoms with van der Waals surface area (Å²) in [5, 5.41) is 2.82. The molecule has 2 N–H and O–H groups in total. The van der Waals surface area contributed by atoms with Crippen molar-refractivity contribution < 1.29 is 26.9 Å². The number of hydrogen-bond donors (Lipinski definition) is 2. The standard InChI is InChI=1S/C19H21F2N3O3S/c1-14-2-5-16(6-3-14)22-19(25)13-23-8-10-24(11-9-23)28(26,27)18-7-4-15(20)12-17(18)21/h2-7,12H,8-11,13H2,1H3,(H,22,25)/p+1. The Labute approximate surface area is 162 Å². The van der Waals surface area contributed by atoms with Crippen molar-refractivity contribution in [1.82, 2.24) is 4.31 Å². The quantitative estimate of drug-likeness (QED) is 0.766. The summed E-state index contributed by atoms with van der Waals surface area (Å²) in [7, 11) is -4.04. The summed E-state index contributed by atoms with van der Waals surface area (Å²) in [5.74, 6) is -2.09. The third-order valence-corrected chi connectivity index (χ3v) is 6.62. The maximum absolute atomic E-state index is 13.9. The van der Waals surface area contributed by atoms with Crippen LogP contribution >= 0.6 is 0 Å². The summed E-state index contributed by atoms with van der Waals surface area (Å²) in [6.07, 6.45) is 0. The Balaban J connectivity index is 1.56. The molecule has 0 unspecified atom stereocenters. The number of nitrogens with zero attached hydrogens (tertiary/aromatic N) is 1. The van der Waals surface area contributed by atoms with E-state index in [2.05, 4.69) is 5.32 Å². The number of nitrogens with one attached hydrogen (secondary N) is 2. The van der Waals surface area contributed by atoms with Gasteiger partial charge in [-0.1, -0.05) is 17.7 Å². The van der Waals surface area contributed by atoms with Gasteiger partial charge in [0.05, 0.1) is 26.2 Å². The highest BCUT2D eigenvalue weighted by Crippen LogP contribution is 2.20. The van der Waals surface area contributed by atoms with Gasteiger partial charge in [0.25, 0.3) is 5.91 Å². The Morgan fingerprint density at radius 1 is 1.11 bits per heavy atom. The highest BCUT2D eigenvalue weighted by molar-refractivity contribution is 7.89. The minimum absolute atomic E-state index is 0.153. The molecule has 9 heteroatoms. The van der Waals surface area contributed by atoms with Crippen molar-refractivity contribution in [2.75, 3.05) is 38.0 Å². The van der Waals surface area contributed by atoms with E-state index < -0.39 is 26.6 Å². The summed E-state index contributed by atoms with van der Waals surface area (Å²) in [6, 6.07) is 9.88. The molecule has 2 aromatic rings. The molecule has 1 aliphatic heterocycles. The number of aryl methyl sites for hydroxylation is 1. The number of sulfonamides is 1. The van der Waals surface area contributed by atoms with E-state index in [4.69, 9.17) is 0 Å². The molecule has 0 saturated carbocycles. The van der Waals surface area contributed by atoms with E-state index in [1.54, 1.807) is 0 Å². The second-order valence-corrected chi connectivity index (χ2v) is 8.73. The van der Waals surface area contributed by atoms with Gasteiger partial charge in [-0.2, -0.15) is 4.31 Å². The second kappa shape index (κ2) is 8.34. The molecule has 1 heterocycles. The van der Waals surface area contributed by atoms with Gasteiger partial charge in [-0.15, -0.1) is 0 Å². The van der Waals surface area contributed by atoms with Crippen LogP contribution in [0.2, 0.25) is 0 Å². The van der Waals surface area contributed by atoms with Gasteiger partial charge in [0.15, 0.2) is 6.54 Å². The van der Waals surface area contributed by atoms with E-state index in [0.717, 1.165) is 22.6 Å². The zero-order valence-corrected chi connectivity index (χ0v) is 16.2. The lowest BCUT2D eigenvalue weighted by molar-refractivity contribution is -0.895. The Morgan fingerprint density at radius 3 is 2.36 bits per heavy atom. The Morgan fingerprint density at radius 2 is 1.75 bits per heavy atom. The van der Waals surface area contributed by atoms with E-state index in [1.165, 1.54) is 4.31 Å².